The van der Waals surface area contributed by atoms with Gasteiger partial charge in [0.05, 0.1) is 5.92 Å². The standard InChI is InChI=1S/C13H11ClN4O/c14-11-5-6-15-13(17-11)18-12(19)9-7-16-10-4-2-1-3-8(9)10/h1-6,9,16H,7H2,(H,15,17,18,19). The molecule has 2 heterocycles. The van der Waals surface area contributed by atoms with Crippen molar-refractivity contribution in [2.45, 2.75) is 5.92 Å². The molecule has 0 fully saturated rings. The lowest BCUT2D eigenvalue weighted by molar-refractivity contribution is -0.117. The Morgan fingerprint density at radius 1 is 1.37 bits per heavy atom. The Morgan fingerprint density at radius 2 is 2.21 bits per heavy atom. The van der Waals surface area contributed by atoms with Gasteiger partial charge in [-0.1, -0.05) is 29.8 Å². The number of benzene rings is 1. The Morgan fingerprint density at radius 3 is 3.05 bits per heavy atom. The maximum atomic E-state index is 12.2. The van der Waals surface area contributed by atoms with Gasteiger partial charge in [0, 0.05) is 18.4 Å². The zero-order valence-corrected chi connectivity index (χ0v) is 10.7. The molecule has 96 valence electrons. The van der Waals surface area contributed by atoms with Gasteiger partial charge < -0.3 is 5.32 Å². The van der Waals surface area contributed by atoms with Gasteiger partial charge in [-0.25, -0.2) is 9.97 Å². The van der Waals surface area contributed by atoms with Crippen molar-refractivity contribution >= 4 is 29.1 Å². The molecule has 0 saturated carbocycles. The van der Waals surface area contributed by atoms with Gasteiger partial charge in [0.15, 0.2) is 0 Å². The van der Waals surface area contributed by atoms with Gasteiger partial charge in [0.2, 0.25) is 11.9 Å². The number of amides is 1. The van der Waals surface area contributed by atoms with E-state index >= 15 is 0 Å². The fourth-order valence-electron chi connectivity index (χ4n) is 2.11. The fraction of sp³-hybridized carbons (Fsp3) is 0.154. The second kappa shape index (κ2) is 4.85. The minimum atomic E-state index is -0.237. The highest BCUT2D eigenvalue weighted by molar-refractivity contribution is 6.29. The Bertz CT molecular complexity index is 632. The molecular weight excluding hydrogens is 264 g/mol. The van der Waals surface area contributed by atoms with E-state index in [1.54, 1.807) is 6.07 Å². The van der Waals surface area contributed by atoms with Crippen LogP contribution in [0, 0.1) is 0 Å². The molecule has 1 aliphatic rings. The molecule has 2 N–H and O–H groups in total. The summed E-state index contributed by atoms with van der Waals surface area (Å²) in [4.78, 5) is 20.1. The average Bonchev–Trinajstić information content (AvgIpc) is 2.82. The highest BCUT2D eigenvalue weighted by atomic mass is 35.5. The maximum absolute atomic E-state index is 12.2. The molecule has 1 atom stereocenters. The van der Waals surface area contributed by atoms with Crippen molar-refractivity contribution in [1.29, 1.82) is 0 Å². The third kappa shape index (κ3) is 2.37. The molecule has 1 amide bonds. The average molecular weight is 275 g/mol. The van der Waals surface area contributed by atoms with Crippen LogP contribution in [0.25, 0.3) is 0 Å². The number of carbonyl (C=O) groups excluding carboxylic acids is 1. The van der Waals surface area contributed by atoms with Crippen LogP contribution in [0.15, 0.2) is 36.5 Å². The van der Waals surface area contributed by atoms with E-state index in [4.69, 9.17) is 11.6 Å². The summed E-state index contributed by atoms with van der Waals surface area (Å²) in [5.74, 6) is -0.152. The second-order valence-corrected chi connectivity index (χ2v) is 4.60. The summed E-state index contributed by atoms with van der Waals surface area (Å²) in [6.07, 6.45) is 1.51. The molecule has 2 aromatic rings. The number of carbonyl (C=O) groups is 1. The first kappa shape index (κ1) is 11.9. The predicted octanol–water partition coefficient (Wildman–Crippen LogP) is 2.28. The van der Waals surface area contributed by atoms with Gasteiger partial charge >= 0.3 is 0 Å². The summed E-state index contributed by atoms with van der Waals surface area (Å²) in [5.41, 5.74) is 1.98. The molecule has 1 aromatic carbocycles. The third-order valence-corrected chi connectivity index (χ3v) is 3.22. The van der Waals surface area contributed by atoms with Crippen molar-refractivity contribution in [1.82, 2.24) is 9.97 Å². The zero-order chi connectivity index (χ0) is 13.2. The van der Waals surface area contributed by atoms with E-state index in [1.165, 1.54) is 6.20 Å². The van der Waals surface area contributed by atoms with Crippen molar-refractivity contribution in [3.63, 3.8) is 0 Å². The fourth-order valence-corrected chi connectivity index (χ4v) is 2.25. The predicted molar refractivity (Wildman–Crippen MR) is 73.3 cm³/mol. The Kier molecular flexibility index (Phi) is 3.05. The summed E-state index contributed by atoms with van der Waals surface area (Å²) in [7, 11) is 0. The summed E-state index contributed by atoms with van der Waals surface area (Å²) in [6, 6.07) is 9.31. The van der Waals surface area contributed by atoms with Crippen LogP contribution in [0.5, 0.6) is 0 Å². The number of aromatic nitrogens is 2. The molecule has 0 radical (unpaired) electrons. The van der Waals surface area contributed by atoms with Gasteiger partial charge in [0.1, 0.15) is 5.15 Å². The largest absolute Gasteiger partial charge is 0.384 e. The highest BCUT2D eigenvalue weighted by Gasteiger charge is 2.28. The van der Waals surface area contributed by atoms with Crippen LogP contribution in [0.1, 0.15) is 11.5 Å². The van der Waals surface area contributed by atoms with E-state index < -0.39 is 0 Å². The van der Waals surface area contributed by atoms with Crippen molar-refractivity contribution in [3.8, 4) is 0 Å². The molecule has 1 aromatic heterocycles. The number of halogens is 1. The highest BCUT2D eigenvalue weighted by Crippen LogP contribution is 2.31. The van der Waals surface area contributed by atoms with Gasteiger partial charge in [-0.05, 0) is 17.7 Å². The molecule has 0 saturated heterocycles. The Hall–Kier alpha value is -2.14. The zero-order valence-electron chi connectivity index (χ0n) is 9.93. The minimum Gasteiger partial charge on any atom is -0.384 e. The molecule has 5 nitrogen and oxygen atoms in total. The number of nitrogens with one attached hydrogen (secondary N) is 2. The van der Waals surface area contributed by atoms with Crippen LogP contribution in [-0.2, 0) is 4.79 Å². The Labute approximate surface area is 115 Å². The molecular formula is C13H11ClN4O. The maximum Gasteiger partial charge on any atom is 0.236 e. The number of hydrogen-bond donors (Lipinski definition) is 2. The van der Waals surface area contributed by atoms with Gasteiger partial charge in [-0.2, -0.15) is 0 Å². The molecule has 1 unspecified atom stereocenters. The van der Waals surface area contributed by atoms with Crippen LogP contribution < -0.4 is 10.6 Å². The third-order valence-electron chi connectivity index (χ3n) is 3.01. The topological polar surface area (TPSA) is 66.9 Å². The SMILES string of the molecule is O=C(Nc1nccc(Cl)n1)C1CNc2ccccc21. The first-order valence-corrected chi connectivity index (χ1v) is 6.24. The van der Waals surface area contributed by atoms with E-state index in [2.05, 4.69) is 20.6 Å². The lowest BCUT2D eigenvalue weighted by Gasteiger charge is -2.09. The number of anilines is 2. The van der Waals surface area contributed by atoms with Gasteiger partial charge in [-0.3, -0.25) is 10.1 Å². The molecule has 0 spiro atoms. The van der Waals surface area contributed by atoms with Crippen LogP contribution in [0.2, 0.25) is 5.15 Å². The molecule has 0 aliphatic carbocycles. The van der Waals surface area contributed by atoms with Crippen LogP contribution in [0.4, 0.5) is 11.6 Å². The molecule has 1 aliphatic heterocycles. The van der Waals surface area contributed by atoms with E-state index in [9.17, 15) is 4.79 Å². The van der Waals surface area contributed by atoms with E-state index in [0.29, 0.717) is 11.7 Å². The number of para-hydroxylation sites is 1. The summed E-state index contributed by atoms with van der Waals surface area (Å²) in [6.45, 7) is 0.575. The van der Waals surface area contributed by atoms with Crippen LogP contribution in [0.3, 0.4) is 0 Å². The van der Waals surface area contributed by atoms with Crippen molar-refractivity contribution in [2.24, 2.45) is 0 Å². The Balaban J connectivity index is 1.79. The summed E-state index contributed by atoms with van der Waals surface area (Å²) >= 11 is 5.75. The summed E-state index contributed by atoms with van der Waals surface area (Å²) < 4.78 is 0. The lowest BCUT2D eigenvalue weighted by atomic mass is 10.0. The van der Waals surface area contributed by atoms with Crippen molar-refractivity contribution in [2.75, 3.05) is 17.2 Å². The smallest absolute Gasteiger partial charge is 0.236 e. The lowest BCUT2D eigenvalue weighted by Crippen LogP contribution is -2.23. The van der Waals surface area contributed by atoms with Crippen molar-refractivity contribution < 1.29 is 4.79 Å². The molecule has 6 heteroatoms. The minimum absolute atomic E-state index is 0.139. The summed E-state index contributed by atoms with van der Waals surface area (Å²) in [5, 5.41) is 6.18. The van der Waals surface area contributed by atoms with Gasteiger partial charge in [0.25, 0.3) is 0 Å². The molecule has 3 rings (SSSR count). The number of fused-ring (bicyclic) bond motifs is 1. The van der Waals surface area contributed by atoms with Crippen molar-refractivity contribution in [3.05, 3.63) is 47.2 Å². The number of hydrogen-bond acceptors (Lipinski definition) is 4. The number of rotatable bonds is 2. The first-order valence-electron chi connectivity index (χ1n) is 5.86. The van der Waals surface area contributed by atoms with E-state index in [-0.39, 0.29) is 17.8 Å². The van der Waals surface area contributed by atoms with Gasteiger partial charge in [-0.15, -0.1) is 0 Å². The molecule has 0 bridgehead atoms. The monoisotopic (exact) mass is 274 g/mol. The quantitative estimate of drug-likeness (QED) is 0.825. The van der Waals surface area contributed by atoms with Crippen LogP contribution in [-0.4, -0.2) is 22.4 Å². The second-order valence-electron chi connectivity index (χ2n) is 4.21. The molecule has 19 heavy (non-hydrogen) atoms. The first-order chi connectivity index (χ1) is 9.24. The normalized spacial score (nSPS) is 16.6. The van der Waals surface area contributed by atoms with Crippen LogP contribution >= 0.6 is 11.6 Å². The van der Waals surface area contributed by atoms with E-state index in [0.717, 1.165) is 11.3 Å². The van der Waals surface area contributed by atoms with E-state index in [1.807, 2.05) is 24.3 Å². The number of nitrogens with zero attached hydrogens (tertiary/aromatic N) is 2.